The van der Waals surface area contributed by atoms with Gasteiger partial charge in [-0.1, -0.05) is 18.2 Å². The van der Waals surface area contributed by atoms with Gasteiger partial charge in [-0.2, -0.15) is 26.3 Å². The summed E-state index contributed by atoms with van der Waals surface area (Å²) in [7, 11) is 0. The maximum atomic E-state index is 13.5. The molecule has 0 N–H and O–H groups in total. The number of halogens is 7. The number of pyridine rings is 1. The van der Waals surface area contributed by atoms with Crippen LogP contribution in [-0.2, 0) is 11.3 Å². The lowest BCUT2D eigenvalue weighted by molar-refractivity contribution is -0.308. The van der Waals surface area contributed by atoms with Crippen LogP contribution in [0.25, 0.3) is 11.1 Å². The van der Waals surface area contributed by atoms with Gasteiger partial charge in [0, 0.05) is 44.0 Å². The lowest BCUT2D eigenvalue weighted by Gasteiger charge is -2.35. The number of carbonyl (C=O) groups is 1. The summed E-state index contributed by atoms with van der Waals surface area (Å²) >= 11 is 0. The van der Waals surface area contributed by atoms with Crippen LogP contribution in [0.3, 0.4) is 0 Å². The molecule has 33 heavy (non-hydrogen) atoms. The second-order valence-electron chi connectivity index (χ2n) is 7.56. The van der Waals surface area contributed by atoms with Crippen LogP contribution < -0.4 is 0 Å². The fraction of sp³-hybridized carbons (Fsp3) is 0.429. The largest absolute Gasteiger partial charge is 0.434 e. The average molecular weight is 479 g/mol. The van der Waals surface area contributed by atoms with E-state index in [-0.39, 0.29) is 32.0 Å². The standard InChI is InChI=1S/C21H20F7N3O2/c1-13-17(14-3-2-4-15(22)11-14)6-5-16(29-13)12-30-7-9-31(10-8-30)19(32)33-18(20(23,24)25)21(26,27)28/h2-6,11,18H,7-10,12H2,1H3. The van der Waals surface area contributed by atoms with Crippen LogP contribution in [0.4, 0.5) is 35.5 Å². The Morgan fingerprint density at radius 1 is 1.03 bits per heavy atom. The maximum absolute atomic E-state index is 13.5. The number of carbonyl (C=O) groups excluding carboxylic acids is 1. The first-order valence-corrected chi connectivity index (χ1v) is 9.88. The SMILES string of the molecule is Cc1nc(CN2CCN(C(=O)OC(C(F)(F)F)C(F)(F)F)CC2)ccc1-c1cccc(F)c1. The summed E-state index contributed by atoms with van der Waals surface area (Å²) in [6, 6.07) is 9.63. The molecule has 0 bridgehead atoms. The Morgan fingerprint density at radius 2 is 1.67 bits per heavy atom. The zero-order valence-corrected chi connectivity index (χ0v) is 17.4. The molecule has 2 aromatic rings. The van der Waals surface area contributed by atoms with Crippen molar-refractivity contribution in [2.75, 3.05) is 26.2 Å². The third-order valence-electron chi connectivity index (χ3n) is 5.11. The summed E-state index contributed by atoms with van der Waals surface area (Å²) < 4.78 is 92.7. The number of piperazine rings is 1. The molecule has 3 rings (SSSR count). The summed E-state index contributed by atoms with van der Waals surface area (Å²) in [5.41, 5.74) is 2.79. The second kappa shape index (κ2) is 9.54. The Hall–Kier alpha value is -2.89. The highest BCUT2D eigenvalue weighted by atomic mass is 19.4. The van der Waals surface area contributed by atoms with Crippen LogP contribution in [0.15, 0.2) is 36.4 Å². The first kappa shape index (κ1) is 24.7. The van der Waals surface area contributed by atoms with E-state index in [1.54, 1.807) is 31.2 Å². The quantitative estimate of drug-likeness (QED) is 0.583. The molecule has 1 aliphatic rings. The Bertz CT molecular complexity index is 973. The van der Waals surface area contributed by atoms with Crippen molar-refractivity contribution in [1.29, 1.82) is 0 Å². The van der Waals surface area contributed by atoms with Gasteiger partial charge in [0.15, 0.2) is 0 Å². The van der Waals surface area contributed by atoms with Crippen molar-refractivity contribution in [3.63, 3.8) is 0 Å². The lowest BCUT2D eigenvalue weighted by Crippen LogP contribution is -2.52. The normalized spacial score (nSPS) is 15.7. The molecule has 0 radical (unpaired) electrons. The van der Waals surface area contributed by atoms with Crippen LogP contribution >= 0.6 is 0 Å². The second-order valence-corrected chi connectivity index (χ2v) is 7.56. The Morgan fingerprint density at radius 3 is 2.21 bits per heavy atom. The van der Waals surface area contributed by atoms with E-state index in [4.69, 9.17) is 0 Å². The molecule has 0 saturated carbocycles. The minimum absolute atomic E-state index is 0.0956. The van der Waals surface area contributed by atoms with Crippen LogP contribution in [0.1, 0.15) is 11.4 Å². The monoisotopic (exact) mass is 479 g/mol. The Kier molecular flexibility index (Phi) is 7.15. The molecule has 1 aromatic carbocycles. The fourth-order valence-corrected chi connectivity index (χ4v) is 3.47. The van der Waals surface area contributed by atoms with Crippen LogP contribution in [-0.4, -0.2) is 65.5 Å². The molecular formula is C21H20F7N3O2. The average Bonchev–Trinajstić information content (AvgIpc) is 2.71. The van der Waals surface area contributed by atoms with E-state index < -0.39 is 24.5 Å². The van der Waals surface area contributed by atoms with Gasteiger partial charge < -0.3 is 9.64 Å². The molecule has 5 nitrogen and oxygen atoms in total. The van der Waals surface area contributed by atoms with Gasteiger partial charge in [-0.25, -0.2) is 9.18 Å². The molecule has 1 fully saturated rings. The Balaban J connectivity index is 1.57. The van der Waals surface area contributed by atoms with Gasteiger partial charge in [-0.05, 0) is 30.7 Å². The zero-order chi connectivity index (χ0) is 24.4. The number of aryl methyl sites for hydroxylation is 1. The van der Waals surface area contributed by atoms with E-state index >= 15 is 0 Å². The number of benzene rings is 1. The predicted molar refractivity (Wildman–Crippen MR) is 104 cm³/mol. The smallest absolute Gasteiger partial charge is 0.426 e. The van der Waals surface area contributed by atoms with E-state index in [0.29, 0.717) is 23.5 Å². The van der Waals surface area contributed by atoms with Crippen LogP contribution in [0.2, 0.25) is 0 Å². The number of amides is 1. The number of aromatic nitrogens is 1. The van der Waals surface area contributed by atoms with Gasteiger partial charge in [-0.15, -0.1) is 0 Å². The molecule has 0 spiro atoms. The molecule has 1 amide bonds. The van der Waals surface area contributed by atoms with E-state index in [1.807, 2.05) is 4.90 Å². The molecule has 12 heteroatoms. The van der Waals surface area contributed by atoms with Crippen molar-refractivity contribution in [2.24, 2.45) is 0 Å². The highest BCUT2D eigenvalue weighted by Gasteiger charge is 2.60. The number of alkyl halides is 6. The number of rotatable bonds is 4. The van der Waals surface area contributed by atoms with Gasteiger partial charge in [0.1, 0.15) is 5.82 Å². The molecule has 0 atom stereocenters. The molecule has 0 aliphatic carbocycles. The number of hydrogen-bond donors (Lipinski definition) is 0. The molecular weight excluding hydrogens is 459 g/mol. The summed E-state index contributed by atoms with van der Waals surface area (Å²) in [4.78, 5) is 19.0. The van der Waals surface area contributed by atoms with Crippen LogP contribution in [0, 0.1) is 12.7 Å². The number of ether oxygens (including phenoxy) is 1. The van der Waals surface area contributed by atoms with E-state index in [1.165, 1.54) is 12.1 Å². The van der Waals surface area contributed by atoms with E-state index in [2.05, 4.69) is 9.72 Å². The van der Waals surface area contributed by atoms with Crippen molar-refractivity contribution in [3.05, 3.63) is 53.6 Å². The summed E-state index contributed by atoms with van der Waals surface area (Å²) in [5, 5.41) is 0. The summed E-state index contributed by atoms with van der Waals surface area (Å²) in [6.07, 6.45) is -17.3. The Labute approximate surface area is 184 Å². The first-order valence-electron chi connectivity index (χ1n) is 9.88. The highest BCUT2D eigenvalue weighted by Crippen LogP contribution is 2.36. The topological polar surface area (TPSA) is 45.7 Å². The molecule has 180 valence electrons. The van der Waals surface area contributed by atoms with E-state index in [0.717, 1.165) is 10.5 Å². The van der Waals surface area contributed by atoms with Gasteiger partial charge in [-0.3, -0.25) is 9.88 Å². The molecule has 1 aromatic heterocycles. The van der Waals surface area contributed by atoms with Crippen molar-refractivity contribution >= 4 is 6.09 Å². The minimum Gasteiger partial charge on any atom is -0.426 e. The lowest BCUT2D eigenvalue weighted by atomic mass is 10.0. The third-order valence-corrected chi connectivity index (χ3v) is 5.11. The molecule has 1 aliphatic heterocycles. The van der Waals surface area contributed by atoms with Gasteiger partial charge in [0.2, 0.25) is 0 Å². The summed E-state index contributed by atoms with van der Waals surface area (Å²) in [5.74, 6) is -0.371. The van der Waals surface area contributed by atoms with Crippen molar-refractivity contribution in [2.45, 2.75) is 31.9 Å². The third kappa shape index (κ3) is 6.34. The zero-order valence-electron chi connectivity index (χ0n) is 17.4. The van der Waals surface area contributed by atoms with Gasteiger partial charge in [0.05, 0.1) is 5.69 Å². The van der Waals surface area contributed by atoms with Crippen LogP contribution in [0.5, 0.6) is 0 Å². The molecule has 0 unspecified atom stereocenters. The van der Waals surface area contributed by atoms with Crippen molar-refractivity contribution < 1.29 is 40.3 Å². The van der Waals surface area contributed by atoms with Crippen molar-refractivity contribution in [3.8, 4) is 11.1 Å². The van der Waals surface area contributed by atoms with E-state index in [9.17, 15) is 35.5 Å². The first-order chi connectivity index (χ1) is 15.3. The fourth-order valence-electron chi connectivity index (χ4n) is 3.47. The number of hydrogen-bond acceptors (Lipinski definition) is 4. The van der Waals surface area contributed by atoms with Crippen molar-refractivity contribution in [1.82, 2.24) is 14.8 Å². The van der Waals surface area contributed by atoms with Gasteiger partial charge >= 0.3 is 18.4 Å². The molecule has 1 saturated heterocycles. The molecule has 2 heterocycles. The maximum Gasteiger partial charge on any atom is 0.434 e. The number of nitrogens with zero attached hydrogens (tertiary/aromatic N) is 3. The van der Waals surface area contributed by atoms with Gasteiger partial charge in [0.25, 0.3) is 6.10 Å². The summed E-state index contributed by atoms with van der Waals surface area (Å²) in [6.45, 7) is 2.37. The predicted octanol–water partition coefficient (Wildman–Crippen LogP) is 4.94. The highest BCUT2D eigenvalue weighted by molar-refractivity contribution is 5.68. The minimum atomic E-state index is -5.75.